The van der Waals surface area contributed by atoms with Crippen molar-refractivity contribution in [1.29, 1.82) is 0 Å². The summed E-state index contributed by atoms with van der Waals surface area (Å²) in [7, 11) is 3.30. The van der Waals surface area contributed by atoms with Crippen molar-refractivity contribution in [3.05, 3.63) is 82.7 Å². The molecule has 4 rings (SSSR count). The van der Waals surface area contributed by atoms with E-state index in [0.29, 0.717) is 30.0 Å². The van der Waals surface area contributed by atoms with Crippen LogP contribution in [0.3, 0.4) is 0 Å². The Bertz CT molecular complexity index is 1290. The van der Waals surface area contributed by atoms with Crippen LogP contribution < -0.4 is 19.7 Å². The fraction of sp³-hybridized carbons (Fsp3) is 0.286. The fourth-order valence-corrected chi connectivity index (χ4v) is 4.17. The number of nitrogens with zero attached hydrogens (tertiary/aromatic N) is 1. The zero-order valence-electron chi connectivity index (χ0n) is 20.8. The minimum atomic E-state index is -0.592. The van der Waals surface area contributed by atoms with Crippen LogP contribution in [0.25, 0.3) is 0 Å². The third-order valence-corrected chi connectivity index (χ3v) is 6.31. The lowest BCUT2D eigenvalue weighted by Crippen LogP contribution is -2.41. The van der Waals surface area contributed by atoms with E-state index in [9.17, 15) is 14.0 Å². The molecule has 1 aliphatic rings. The van der Waals surface area contributed by atoms with Crippen LogP contribution in [0.2, 0.25) is 0 Å². The number of esters is 1. The monoisotopic (exact) mass is 492 g/mol. The maximum atomic E-state index is 14.3. The number of ether oxygens (including phenoxy) is 3. The van der Waals surface area contributed by atoms with Crippen molar-refractivity contribution in [3.63, 3.8) is 0 Å². The molecule has 0 aliphatic carbocycles. The van der Waals surface area contributed by atoms with Gasteiger partial charge in [-0.25, -0.2) is 4.39 Å². The standard InChI is InChI=1S/C28H29FN2O5/c1-17-18(2)25(35-16-20-15-31(3)24-7-5-6-8-26(24)36-20)12-10-21(17)28(33)30-23-13-19(9-11-22(23)29)14-27(32)34-4/h5-13,20H,14-16H2,1-4H3,(H,30,33)/t20-/m0/s1. The number of hydrogen-bond acceptors (Lipinski definition) is 6. The highest BCUT2D eigenvalue weighted by Crippen LogP contribution is 2.32. The number of fused-ring (bicyclic) bond motifs is 1. The van der Waals surface area contributed by atoms with E-state index >= 15 is 0 Å². The number of rotatable bonds is 7. The Hall–Kier alpha value is -4.07. The first kappa shape index (κ1) is 25.0. The second-order valence-electron chi connectivity index (χ2n) is 8.78. The maximum Gasteiger partial charge on any atom is 0.309 e. The van der Waals surface area contributed by atoms with Crippen LogP contribution in [-0.2, 0) is 16.0 Å². The molecule has 1 N–H and O–H groups in total. The fourth-order valence-electron chi connectivity index (χ4n) is 4.17. The van der Waals surface area contributed by atoms with Crippen LogP contribution in [0.15, 0.2) is 54.6 Å². The number of nitrogens with one attached hydrogen (secondary N) is 1. The molecule has 0 radical (unpaired) electrons. The Morgan fingerprint density at radius 1 is 1.11 bits per heavy atom. The zero-order chi connectivity index (χ0) is 25.8. The van der Waals surface area contributed by atoms with E-state index in [1.165, 1.54) is 25.3 Å². The number of anilines is 2. The van der Waals surface area contributed by atoms with E-state index in [4.69, 9.17) is 9.47 Å². The molecule has 188 valence electrons. The lowest BCUT2D eigenvalue weighted by atomic mass is 10.0. The van der Waals surface area contributed by atoms with E-state index in [2.05, 4.69) is 15.0 Å². The minimum Gasteiger partial charge on any atom is -0.489 e. The summed E-state index contributed by atoms with van der Waals surface area (Å²) in [4.78, 5) is 26.6. The third-order valence-electron chi connectivity index (χ3n) is 6.31. The maximum absolute atomic E-state index is 14.3. The van der Waals surface area contributed by atoms with Crippen molar-refractivity contribution in [1.82, 2.24) is 0 Å². The van der Waals surface area contributed by atoms with Gasteiger partial charge in [0.1, 0.15) is 30.0 Å². The molecule has 0 saturated heterocycles. The number of para-hydroxylation sites is 2. The quantitative estimate of drug-likeness (QED) is 0.483. The van der Waals surface area contributed by atoms with Crippen molar-refractivity contribution >= 4 is 23.3 Å². The first-order valence-corrected chi connectivity index (χ1v) is 11.6. The number of methoxy groups -OCH3 is 1. The highest BCUT2D eigenvalue weighted by atomic mass is 19.1. The molecule has 0 saturated carbocycles. The Morgan fingerprint density at radius 3 is 2.67 bits per heavy atom. The van der Waals surface area contributed by atoms with Gasteiger partial charge >= 0.3 is 5.97 Å². The molecule has 36 heavy (non-hydrogen) atoms. The smallest absolute Gasteiger partial charge is 0.309 e. The van der Waals surface area contributed by atoms with Crippen LogP contribution in [0.1, 0.15) is 27.0 Å². The molecule has 7 nitrogen and oxygen atoms in total. The number of carbonyl (C=O) groups is 2. The van der Waals surface area contributed by atoms with Gasteiger partial charge in [-0.3, -0.25) is 9.59 Å². The number of likely N-dealkylation sites (N-methyl/N-ethyl adjacent to an activating group) is 1. The summed E-state index contributed by atoms with van der Waals surface area (Å²) in [6, 6.07) is 15.4. The lowest BCUT2D eigenvalue weighted by molar-refractivity contribution is -0.139. The van der Waals surface area contributed by atoms with E-state index in [1.807, 2.05) is 45.2 Å². The molecular weight excluding hydrogens is 463 g/mol. The topological polar surface area (TPSA) is 77.1 Å². The van der Waals surface area contributed by atoms with Crippen molar-refractivity contribution in [3.8, 4) is 11.5 Å². The van der Waals surface area contributed by atoms with Crippen LogP contribution in [0.5, 0.6) is 11.5 Å². The van der Waals surface area contributed by atoms with E-state index in [-0.39, 0.29) is 18.2 Å². The zero-order valence-corrected chi connectivity index (χ0v) is 20.8. The molecule has 8 heteroatoms. The second-order valence-corrected chi connectivity index (χ2v) is 8.78. The number of amides is 1. The van der Waals surface area contributed by atoms with Crippen molar-refractivity contribution in [2.75, 3.05) is 37.5 Å². The van der Waals surface area contributed by atoms with Crippen molar-refractivity contribution < 1.29 is 28.2 Å². The molecule has 1 amide bonds. The summed E-state index contributed by atoms with van der Waals surface area (Å²) in [5.41, 5.74) is 3.52. The summed E-state index contributed by atoms with van der Waals surface area (Å²) in [5, 5.41) is 2.61. The molecule has 3 aromatic carbocycles. The van der Waals surface area contributed by atoms with E-state index in [1.54, 1.807) is 12.1 Å². The van der Waals surface area contributed by atoms with Gasteiger partial charge < -0.3 is 24.4 Å². The summed E-state index contributed by atoms with van der Waals surface area (Å²) >= 11 is 0. The molecule has 0 spiro atoms. The summed E-state index contributed by atoms with van der Waals surface area (Å²) in [6.07, 6.45) is -0.163. The van der Waals surface area contributed by atoms with Gasteiger partial charge in [0.15, 0.2) is 0 Å². The van der Waals surface area contributed by atoms with E-state index < -0.39 is 17.7 Å². The molecular formula is C28H29FN2O5. The Balaban J connectivity index is 1.44. The number of halogens is 1. The van der Waals surface area contributed by atoms with Gasteiger partial charge in [-0.2, -0.15) is 0 Å². The predicted molar refractivity (Wildman–Crippen MR) is 136 cm³/mol. The molecule has 0 unspecified atom stereocenters. The summed E-state index contributed by atoms with van der Waals surface area (Å²) < 4.78 is 31.1. The number of hydrogen-bond donors (Lipinski definition) is 1. The Labute approximate surface area is 209 Å². The third kappa shape index (κ3) is 5.43. The summed E-state index contributed by atoms with van der Waals surface area (Å²) in [5.74, 6) is -0.0195. The first-order chi connectivity index (χ1) is 17.3. The molecule has 0 bridgehead atoms. The molecule has 1 atom stereocenters. The van der Waals surface area contributed by atoms with Crippen LogP contribution in [0.4, 0.5) is 15.8 Å². The molecule has 3 aromatic rings. The number of carbonyl (C=O) groups excluding carboxylic acids is 2. The molecule has 1 heterocycles. The molecule has 0 fully saturated rings. The first-order valence-electron chi connectivity index (χ1n) is 11.6. The average Bonchev–Trinajstić information content (AvgIpc) is 2.86. The molecule has 0 aromatic heterocycles. The van der Waals surface area contributed by atoms with Gasteiger partial charge in [-0.1, -0.05) is 18.2 Å². The van der Waals surface area contributed by atoms with Crippen molar-refractivity contribution in [2.45, 2.75) is 26.4 Å². The van der Waals surface area contributed by atoms with Gasteiger partial charge in [0, 0.05) is 12.6 Å². The van der Waals surface area contributed by atoms with Gasteiger partial charge in [-0.15, -0.1) is 0 Å². The minimum absolute atomic E-state index is 0.00219. The van der Waals surface area contributed by atoms with E-state index in [0.717, 1.165) is 22.6 Å². The Morgan fingerprint density at radius 2 is 1.89 bits per heavy atom. The Kier molecular flexibility index (Phi) is 7.43. The second kappa shape index (κ2) is 10.7. The van der Waals surface area contributed by atoms with Gasteiger partial charge in [0.05, 0.1) is 31.5 Å². The van der Waals surface area contributed by atoms with Gasteiger partial charge in [0.2, 0.25) is 0 Å². The van der Waals surface area contributed by atoms with Crippen LogP contribution in [0, 0.1) is 19.7 Å². The van der Waals surface area contributed by atoms with Gasteiger partial charge in [-0.05, 0) is 66.9 Å². The highest BCUT2D eigenvalue weighted by molar-refractivity contribution is 6.05. The predicted octanol–water partition coefficient (Wildman–Crippen LogP) is 4.69. The lowest BCUT2D eigenvalue weighted by Gasteiger charge is -2.33. The van der Waals surface area contributed by atoms with Crippen LogP contribution >= 0.6 is 0 Å². The van der Waals surface area contributed by atoms with Crippen LogP contribution in [-0.4, -0.2) is 45.3 Å². The average molecular weight is 493 g/mol. The largest absolute Gasteiger partial charge is 0.489 e. The normalized spacial score (nSPS) is 14.5. The van der Waals surface area contributed by atoms with Gasteiger partial charge in [0.25, 0.3) is 5.91 Å². The number of benzene rings is 3. The molecule has 1 aliphatic heterocycles. The highest BCUT2D eigenvalue weighted by Gasteiger charge is 2.24. The van der Waals surface area contributed by atoms with Crippen molar-refractivity contribution in [2.24, 2.45) is 0 Å². The summed E-state index contributed by atoms with van der Waals surface area (Å²) in [6.45, 7) is 4.74. The SMILES string of the molecule is COC(=O)Cc1ccc(F)c(NC(=O)c2ccc(OC[C@@H]3CN(C)c4ccccc4O3)c(C)c2C)c1.